The third kappa shape index (κ3) is 2.49. The SMILES string of the molecule is OS1(O)OCC(C(F)(F)F)CO1. The van der Waals surface area contributed by atoms with Gasteiger partial charge >= 0.3 is 6.18 Å². The van der Waals surface area contributed by atoms with Crippen LogP contribution in [0.15, 0.2) is 0 Å². The van der Waals surface area contributed by atoms with Crippen LogP contribution in [0.3, 0.4) is 0 Å². The molecule has 0 radical (unpaired) electrons. The fourth-order valence-electron chi connectivity index (χ4n) is 0.613. The Kier molecular flexibility index (Phi) is 2.55. The zero-order chi connectivity index (χ0) is 9.41. The molecular formula is C4H7F3O4S. The fourth-order valence-corrected chi connectivity index (χ4v) is 1.36. The molecule has 0 atom stereocenters. The summed E-state index contributed by atoms with van der Waals surface area (Å²) < 4.78 is 60.9. The van der Waals surface area contributed by atoms with Gasteiger partial charge in [-0.1, -0.05) is 0 Å². The van der Waals surface area contributed by atoms with Gasteiger partial charge in [0.25, 0.3) is 0 Å². The van der Waals surface area contributed by atoms with Gasteiger partial charge in [-0.3, -0.25) is 17.5 Å². The molecule has 2 N–H and O–H groups in total. The average molecular weight is 208 g/mol. The lowest BCUT2D eigenvalue weighted by atomic mass is 10.2. The number of hydrogen-bond acceptors (Lipinski definition) is 4. The number of alkyl halides is 3. The monoisotopic (exact) mass is 208 g/mol. The van der Waals surface area contributed by atoms with Crippen LogP contribution in [0.1, 0.15) is 0 Å². The molecule has 0 saturated carbocycles. The molecule has 0 aromatic heterocycles. The Labute approximate surface area is 68.0 Å². The molecule has 8 heteroatoms. The van der Waals surface area contributed by atoms with Crippen LogP contribution in [0.4, 0.5) is 13.2 Å². The molecule has 1 aliphatic heterocycles. The van der Waals surface area contributed by atoms with Gasteiger partial charge in [0.05, 0.1) is 13.2 Å². The highest BCUT2D eigenvalue weighted by molar-refractivity contribution is 8.16. The molecule has 1 rings (SSSR count). The van der Waals surface area contributed by atoms with Crippen LogP contribution in [-0.4, -0.2) is 28.5 Å². The van der Waals surface area contributed by atoms with Gasteiger partial charge in [-0.25, -0.2) is 0 Å². The van der Waals surface area contributed by atoms with Crippen molar-refractivity contribution in [1.82, 2.24) is 0 Å². The van der Waals surface area contributed by atoms with Gasteiger partial charge in [0.2, 0.25) is 11.2 Å². The second-order valence-corrected chi connectivity index (χ2v) is 3.62. The highest BCUT2D eigenvalue weighted by Crippen LogP contribution is 2.47. The van der Waals surface area contributed by atoms with Gasteiger partial charge < -0.3 is 0 Å². The lowest BCUT2D eigenvalue weighted by molar-refractivity contribution is -0.197. The lowest BCUT2D eigenvalue weighted by Crippen LogP contribution is -2.36. The Morgan fingerprint density at radius 3 is 1.92 bits per heavy atom. The topological polar surface area (TPSA) is 58.9 Å². The standard InChI is InChI=1S/C4H7F3O4S/c5-4(6,7)3-1-10-12(8,9)11-2-3/h3,8-9H,1-2H2. The molecule has 0 unspecified atom stereocenters. The molecular weight excluding hydrogens is 201 g/mol. The van der Waals surface area contributed by atoms with Gasteiger partial charge in [-0.15, -0.1) is 0 Å². The summed E-state index contributed by atoms with van der Waals surface area (Å²) in [5.74, 6) is -1.78. The lowest BCUT2D eigenvalue weighted by Gasteiger charge is -2.34. The summed E-state index contributed by atoms with van der Waals surface area (Å²) in [6.45, 7) is -1.54. The van der Waals surface area contributed by atoms with Gasteiger partial charge in [0, 0.05) is 0 Å². The first-order valence-corrected chi connectivity index (χ1v) is 4.34. The third-order valence-electron chi connectivity index (χ3n) is 1.31. The zero-order valence-corrected chi connectivity index (χ0v) is 6.56. The van der Waals surface area contributed by atoms with Crippen molar-refractivity contribution in [3.63, 3.8) is 0 Å². The third-order valence-corrected chi connectivity index (χ3v) is 2.19. The Morgan fingerprint density at radius 2 is 1.58 bits per heavy atom. The van der Waals surface area contributed by atoms with E-state index in [1.54, 1.807) is 0 Å². The van der Waals surface area contributed by atoms with Crippen LogP contribution >= 0.6 is 11.2 Å². The number of rotatable bonds is 0. The normalized spacial score (nSPS) is 28.4. The van der Waals surface area contributed by atoms with E-state index in [9.17, 15) is 13.2 Å². The number of halogens is 3. The first-order chi connectivity index (χ1) is 5.31. The molecule has 12 heavy (non-hydrogen) atoms. The Balaban J connectivity index is 2.47. The van der Waals surface area contributed by atoms with E-state index in [2.05, 4.69) is 8.37 Å². The average Bonchev–Trinajstić information content (AvgIpc) is 1.83. The molecule has 74 valence electrons. The maximum absolute atomic E-state index is 11.9. The summed E-state index contributed by atoms with van der Waals surface area (Å²) in [7, 11) is 0. The summed E-state index contributed by atoms with van der Waals surface area (Å²) in [6.07, 6.45) is -4.42. The van der Waals surface area contributed by atoms with Crippen molar-refractivity contribution in [2.45, 2.75) is 6.18 Å². The Morgan fingerprint density at radius 1 is 1.17 bits per heavy atom. The van der Waals surface area contributed by atoms with E-state index in [-0.39, 0.29) is 0 Å². The minimum atomic E-state index is -4.42. The summed E-state index contributed by atoms with van der Waals surface area (Å²) in [4.78, 5) is 0. The molecule has 0 aromatic rings. The molecule has 4 nitrogen and oxygen atoms in total. The van der Waals surface area contributed by atoms with E-state index >= 15 is 0 Å². The molecule has 0 bridgehead atoms. The minimum absolute atomic E-state index is 0.772. The maximum atomic E-state index is 11.9. The second kappa shape index (κ2) is 3.04. The second-order valence-electron chi connectivity index (χ2n) is 2.26. The van der Waals surface area contributed by atoms with Gasteiger partial charge in [0.1, 0.15) is 5.92 Å². The first kappa shape index (κ1) is 10.1. The fraction of sp³-hybridized carbons (Fsp3) is 1.00. The molecule has 0 aromatic carbocycles. The summed E-state index contributed by atoms with van der Waals surface area (Å²) in [5.41, 5.74) is 0. The van der Waals surface area contributed by atoms with Crippen molar-refractivity contribution in [2.75, 3.05) is 13.2 Å². The Hall–Kier alpha value is -0.0200. The van der Waals surface area contributed by atoms with Crippen LogP contribution < -0.4 is 0 Å². The van der Waals surface area contributed by atoms with Crippen LogP contribution in [0.25, 0.3) is 0 Å². The molecule has 1 fully saturated rings. The predicted molar refractivity (Wildman–Crippen MR) is 34.3 cm³/mol. The highest BCUT2D eigenvalue weighted by atomic mass is 32.3. The van der Waals surface area contributed by atoms with Crippen molar-refractivity contribution in [1.29, 1.82) is 0 Å². The van der Waals surface area contributed by atoms with Gasteiger partial charge in [0.15, 0.2) is 0 Å². The summed E-state index contributed by atoms with van der Waals surface area (Å²) in [5, 5.41) is 0. The quantitative estimate of drug-likeness (QED) is 0.637. The molecule has 0 aliphatic carbocycles. The summed E-state index contributed by atoms with van der Waals surface area (Å²) >= 11 is -3.68. The predicted octanol–water partition coefficient (Wildman–Crippen LogP) is 1.79. The van der Waals surface area contributed by atoms with Crippen LogP contribution in [0.2, 0.25) is 0 Å². The van der Waals surface area contributed by atoms with E-state index in [0.717, 1.165) is 0 Å². The molecule has 0 spiro atoms. The van der Waals surface area contributed by atoms with Crippen LogP contribution in [0.5, 0.6) is 0 Å². The molecule has 1 heterocycles. The van der Waals surface area contributed by atoms with E-state index < -0.39 is 36.5 Å². The highest BCUT2D eigenvalue weighted by Gasteiger charge is 2.45. The van der Waals surface area contributed by atoms with Crippen molar-refractivity contribution in [2.24, 2.45) is 5.92 Å². The van der Waals surface area contributed by atoms with E-state index in [0.29, 0.717) is 0 Å². The largest absolute Gasteiger partial charge is 0.396 e. The first-order valence-electron chi connectivity index (χ1n) is 2.95. The van der Waals surface area contributed by atoms with E-state index in [1.807, 2.05) is 0 Å². The number of hydrogen-bond donors (Lipinski definition) is 2. The van der Waals surface area contributed by atoms with E-state index in [4.69, 9.17) is 9.11 Å². The zero-order valence-electron chi connectivity index (χ0n) is 5.74. The molecule has 1 saturated heterocycles. The maximum Gasteiger partial charge on any atom is 0.396 e. The molecule has 0 amide bonds. The van der Waals surface area contributed by atoms with Crippen molar-refractivity contribution in [3.8, 4) is 0 Å². The minimum Gasteiger partial charge on any atom is -0.287 e. The van der Waals surface area contributed by atoms with Crippen molar-refractivity contribution in [3.05, 3.63) is 0 Å². The molecule has 1 aliphatic rings. The summed E-state index contributed by atoms with van der Waals surface area (Å²) in [6, 6.07) is 0. The van der Waals surface area contributed by atoms with Gasteiger partial charge in [-0.05, 0) is 0 Å². The van der Waals surface area contributed by atoms with E-state index in [1.165, 1.54) is 0 Å². The van der Waals surface area contributed by atoms with Crippen LogP contribution in [0, 0.1) is 5.92 Å². The van der Waals surface area contributed by atoms with Crippen molar-refractivity contribution >= 4 is 11.2 Å². The van der Waals surface area contributed by atoms with Crippen LogP contribution in [-0.2, 0) is 8.37 Å². The Bertz CT molecular complexity index is 160. The van der Waals surface area contributed by atoms with Crippen molar-refractivity contribution < 1.29 is 30.6 Å². The smallest absolute Gasteiger partial charge is 0.287 e. The van der Waals surface area contributed by atoms with Gasteiger partial charge in [-0.2, -0.15) is 13.2 Å².